The van der Waals surface area contributed by atoms with Gasteiger partial charge < -0.3 is 21.1 Å². The number of halogens is 1. The minimum Gasteiger partial charge on any atom is -0.497 e. The second-order valence-corrected chi connectivity index (χ2v) is 6.97. The van der Waals surface area contributed by atoms with E-state index in [0.29, 0.717) is 23.8 Å². The molecule has 1 aliphatic rings. The second kappa shape index (κ2) is 10.4. The molecule has 0 radical (unpaired) electrons. The normalized spacial score (nSPS) is 20.2. The fraction of sp³-hybridized carbons (Fsp3) is 0.579. The van der Waals surface area contributed by atoms with E-state index >= 15 is 0 Å². The van der Waals surface area contributed by atoms with Crippen molar-refractivity contribution in [2.75, 3.05) is 13.7 Å². The van der Waals surface area contributed by atoms with Gasteiger partial charge in [0, 0.05) is 11.6 Å². The van der Waals surface area contributed by atoms with E-state index in [4.69, 9.17) is 10.5 Å². The molecular weight excluding hydrogens is 354 g/mol. The van der Waals surface area contributed by atoms with E-state index < -0.39 is 6.04 Å². The summed E-state index contributed by atoms with van der Waals surface area (Å²) >= 11 is 0. The molecule has 3 atom stereocenters. The van der Waals surface area contributed by atoms with Gasteiger partial charge in [0.2, 0.25) is 5.91 Å². The Kier molecular flexibility index (Phi) is 8.88. The van der Waals surface area contributed by atoms with Crippen molar-refractivity contribution in [2.24, 2.45) is 17.6 Å². The van der Waals surface area contributed by atoms with Crippen LogP contribution >= 0.6 is 12.4 Å². The molecule has 0 aliphatic heterocycles. The Hall–Kier alpha value is -1.79. The largest absolute Gasteiger partial charge is 0.497 e. The fourth-order valence-corrected chi connectivity index (χ4v) is 3.28. The Morgan fingerprint density at radius 3 is 2.42 bits per heavy atom. The molecule has 3 unspecified atom stereocenters. The van der Waals surface area contributed by atoms with Crippen molar-refractivity contribution >= 4 is 24.2 Å². The smallest absolute Gasteiger partial charge is 0.251 e. The zero-order valence-electron chi connectivity index (χ0n) is 15.7. The monoisotopic (exact) mass is 383 g/mol. The Morgan fingerprint density at radius 1 is 1.23 bits per heavy atom. The quantitative estimate of drug-likeness (QED) is 0.672. The van der Waals surface area contributed by atoms with Gasteiger partial charge in [0.25, 0.3) is 5.91 Å². The van der Waals surface area contributed by atoms with E-state index in [2.05, 4.69) is 10.6 Å². The Labute approximate surface area is 161 Å². The molecule has 2 amide bonds. The Bertz CT molecular complexity index is 592. The SMILES string of the molecule is COc1ccc(C(=O)NC(C(=O)NC2CCCC2CN)C(C)C)cc1.Cl. The van der Waals surface area contributed by atoms with E-state index in [0.717, 1.165) is 19.3 Å². The number of amides is 2. The third kappa shape index (κ3) is 5.61. The van der Waals surface area contributed by atoms with Crippen LogP contribution in [-0.2, 0) is 4.79 Å². The van der Waals surface area contributed by atoms with Crippen LogP contribution in [0.4, 0.5) is 0 Å². The number of carbonyl (C=O) groups excluding carboxylic acids is 2. The van der Waals surface area contributed by atoms with Crippen LogP contribution in [0.3, 0.4) is 0 Å². The molecule has 0 spiro atoms. The first kappa shape index (κ1) is 22.3. The molecule has 0 heterocycles. The summed E-state index contributed by atoms with van der Waals surface area (Å²) in [6.45, 7) is 4.43. The van der Waals surface area contributed by atoms with Crippen LogP contribution in [0.5, 0.6) is 5.75 Å². The molecule has 1 saturated carbocycles. The molecule has 1 aliphatic carbocycles. The molecule has 1 fully saturated rings. The highest BCUT2D eigenvalue weighted by molar-refractivity contribution is 5.97. The lowest BCUT2D eigenvalue weighted by atomic mass is 10.00. The number of benzene rings is 1. The fourth-order valence-electron chi connectivity index (χ4n) is 3.28. The lowest BCUT2D eigenvalue weighted by Gasteiger charge is -2.26. The van der Waals surface area contributed by atoms with Crippen molar-refractivity contribution < 1.29 is 14.3 Å². The molecule has 6 nitrogen and oxygen atoms in total. The average molecular weight is 384 g/mol. The topological polar surface area (TPSA) is 93.4 Å². The molecule has 26 heavy (non-hydrogen) atoms. The summed E-state index contributed by atoms with van der Waals surface area (Å²) in [6, 6.07) is 6.36. The number of hydrogen-bond donors (Lipinski definition) is 3. The number of carbonyl (C=O) groups is 2. The maximum absolute atomic E-state index is 12.7. The Morgan fingerprint density at radius 2 is 1.88 bits per heavy atom. The number of hydrogen-bond acceptors (Lipinski definition) is 4. The van der Waals surface area contributed by atoms with Crippen LogP contribution < -0.4 is 21.1 Å². The summed E-state index contributed by atoms with van der Waals surface area (Å²) in [5.41, 5.74) is 6.28. The third-order valence-corrected chi connectivity index (χ3v) is 4.88. The molecular formula is C19H30ClN3O3. The van der Waals surface area contributed by atoms with Gasteiger partial charge in [0.05, 0.1) is 7.11 Å². The molecule has 0 aromatic heterocycles. The number of rotatable bonds is 7. The lowest BCUT2D eigenvalue weighted by Crippen LogP contribution is -2.53. The minimum absolute atomic E-state index is 0. The van der Waals surface area contributed by atoms with Crippen molar-refractivity contribution in [3.05, 3.63) is 29.8 Å². The molecule has 1 aromatic rings. The third-order valence-electron chi connectivity index (χ3n) is 4.88. The first-order chi connectivity index (χ1) is 12.0. The molecule has 7 heteroatoms. The first-order valence-corrected chi connectivity index (χ1v) is 8.91. The Balaban J connectivity index is 0.00000338. The van der Waals surface area contributed by atoms with Gasteiger partial charge in [-0.15, -0.1) is 12.4 Å². The zero-order valence-corrected chi connectivity index (χ0v) is 16.5. The average Bonchev–Trinajstić information content (AvgIpc) is 3.06. The van der Waals surface area contributed by atoms with Crippen LogP contribution in [0.1, 0.15) is 43.5 Å². The highest BCUT2D eigenvalue weighted by atomic mass is 35.5. The minimum atomic E-state index is -0.575. The van der Waals surface area contributed by atoms with Crippen molar-refractivity contribution in [3.63, 3.8) is 0 Å². The van der Waals surface area contributed by atoms with Crippen LogP contribution in [0.2, 0.25) is 0 Å². The van der Waals surface area contributed by atoms with Crippen molar-refractivity contribution in [1.29, 1.82) is 0 Å². The van der Waals surface area contributed by atoms with Gasteiger partial charge in [-0.05, 0) is 55.5 Å². The lowest BCUT2D eigenvalue weighted by molar-refractivity contribution is -0.124. The zero-order chi connectivity index (χ0) is 18.4. The maximum Gasteiger partial charge on any atom is 0.251 e. The summed E-state index contributed by atoms with van der Waals surface area (Å²) in [6.07, 6.45) is 3.08. The summed E-state index contributed by atoms with van der Waals surface area (Å²) in [5.74, 6) is 0.596. The number of ether oxygens (including phenoxy) is 1. The van der Waals surface area contributed by atoms with Crippen molar-refractivity contribution in [2.45, 2.75) is 45.2 Å². The molecule has 0 bridgehead atoms. The van der Waals surface area contributed by atoms with E-state index in [-0.39, 0.29) is 36.2 Å². The van der Waals surface area contributed by atoms with Crippen molar-refractivity contribution in [1.82, 2.24) is 10.6 Å². The van der Waals surface area contributed by atoms with Gasteiger partial charge >= 0.3 is 0 Å². The van der Waals surface area contributed by atoms with E-state index in [1.165, 1.54) is 0 Å². The maximum atomic E-state index is 12.7. The highest BCUT2D eigenvalue weighted by Gasteiger charge is 2.31. The van der Waals surface area contributed by atoms with Gasteiger partial charge in [-0.1, -0.05) is 20.3 Å². The number of nitrogens with two attached hydrogens (primary N) is 1. The van der Waals surface area contributed by atoms with E-state index in [1.807, 2.05) is 13.8 Å². The summed E-state index contributed by atoms with van der Waals surface area (Å²) < 4.78 is 5.10. The first-order valence-electron chi connectivity index (χ1n) is 8.91. The standard InChI is InChI=1S/C19H29N3O3.ClH/c1-12(2)17(19(24)21-16-6-4-5-14(16)11-20)22-18(23)13-7-9-15(25-3)10-8-13;/h7-10,12,14,16-17H,4-6,11,20H2,1-3H3,(H,21,24)(H,22,23);1H. The van der Waals surface area contributed by atoms with Crippen molar-refractivity contribution in [3.8, 4) is 5.75 Å². The predicted molar refractivity (Wildman–Crippen MR) is 105 cm³/mol. The summed E-state index contributed by atoms with van der Waals surface area (Å²) in [7, 11) is 1.58. The molecule has 146 valence electrons. The molecule has 2 rings (SSSR count). The molecule has 4 N–H and O–H groups in total. The molecule has 1 aromatic carbocycles. The summed E-state index contributed by atoms with van der Waals surface area (Å²) in [4.78, 5) is 25.2. The summed E-state index contributed by atoms with van der Waals surface area (Å²) in [5, 5.41) is 5.94. The van der Waals surface area contributed by atoms with Gasteiger partial charge in [-0.3, -0.25) is 9.59 Å². The van der Waals surface area contributed by atoms with E-state index in [1.54, 1.807) is 31.4 Å². The molecule has 0 saturated heterocycles. The van der Waals surface area contributed by atoms with Gasteiger partial charge in [0.1, 0.15) is 11.8 Å². The van der Waals surface area contributed by atoms with Gasteiger partial charge in [-0.2, -0.15) is 0 Å². The van der Waals surface area contributed by atoms with Crippen LogP contribution in [0.15, 0.2) is 24.3 Å². The predicted octanol–water partition coefficient (Wildman–Crippen LogP) is 2.12. The van der Waals surface area contributed by atoms with Crippen LogP contribution in [0, 0.1) is 11.8 Å². The van der Waals surface area contributed by atoms with Crippen LogP contribution in [0.25, 0.3) is 0 Å². The second-order valence-electron chi connectivity index (χ2n) is 6.97. The number of methoxy groups -OCH3 is 1. The van der Waals surface area contributed by atoms with Gasteiger partial charge in [0.15, 0.2) is 0 Å². The van der Waals surface area contributed by atoms with E-state index in [9.17, 15) is 9.59 Å². The van der Waals surface area contributed by atoms with Crippen LogP contribution in [-0.4, -0.2) is 37.6 Å². The van der Waals surface area contributed by atoms with Gasteiger partial charge in [-0.25, -0.2) is 0 Å². The highest BCUT2D eigenvalue weighted by Crippen LogP contribution is 2.24. The number of nitrogens with one attached hydrogen (secondary N) is 2.